The van der Waals surface area contributed by atoms with Gasteiger partial charge in [0.1, 0.15) is 17.0 Å². The zero-order valence-corrected chi connectivity index (χ0v) is 13.8. The lowest BCUT2D eigenvalue weighted by Crippen LogP contribution is -2.21. The zero-order valence-electron chi connectivity index (χ0n) is 13.8. The van der Waals surface area contributed by atoms with E-state index in [9.17, 15) is 14.4 Å². The van der Waals surface area contributed by atoms with E-state index in [0.29, 0.717) is 5.56 Å². The average molecular weight is 329 g/mol. The van der Waals surface area contributed by atoms with Crippen molar-refractivity contribution in [3.63, 3.8) is 0 Å². The van der Waals surface area contributed by atoms with Crippen molar-refractivity contribution in [3.8, 4) is 0 Å². The molecule has 0 saturated heterocycles. The van der Waals surface area contributed by atoms with Crippen molar-refractivity contribution in [2.45, 2.75) is 26.7 Å². The number of esters is 1. The molecule has 2 aromatic rings. The second kappa shape index (κ2) is 7.59. The number of carbonyl (C=O) groups is 2. The molecule has 0 bridgehead atoms. The topological polar surface area (TPSA) is 85.6 Å². The molecule has 1 heterocycles. The van der Waals surface area contributed by atoms with Gasteiger partial charge in [0.05, 0.1) is 6.61 Å². The molecule has 0 aliphatic carbocycles. The molecule has 1 amide bonds. The van der Waals surface area contributed by atoms with Gasteiger partial charge >= 0.3 is 11.6 Å². The minimum atomic E-state index is -0.712. The third kappa shape index (κ3) is 3.90. The van der Waals surface area contributed by atoms with E-state index in [4.69, 9.17) is 9.15 Å². The zero-order chi connectivity index (χ0) is 17.7. The van der Waals surface area contributed by atoms with Gasteiger partial charge in [0.2, 0.25) is 0 Å². The van der Waals surface area contributed by atoms with Crippen molar-refractivity contribution in [1.82, 2.24) is 0 Å². The van der Waals surface area contributed by atoms with Crippen LogP contribution in [0.2, 0.25) is 0 Å². The van der Waals surface area contributed by atoms with Gasteiger partial charge in [0.25, 0.3) is 5.91 Å². The molecule has 1 aromatic heterocycles. The fourth-order valence-corrected chi connectivity index (χ4v) is 2.15. The molecule has 1 N–H and O–H groups in total. The number of amides is 1. The summed E-state index contributed by atoms with van der Waals surface area (Å²) in [5.41, 5.74) is -0.287. The molecule has 0 unspecified atom stereocenters. The van der Waals surface area contributed by atoms with Gasteiger partial charge in [-0.2, -0.15) is 0 Å². The van der Waals surface area contributed by atoms with Crippen LogP contribution in [-0.2, 0) is 4.74 Å². The summed E-state index contributed by atoms with van der Waals surface area (Å²) in [4.78, 5) is 36.4. The predicted molar refractivity (Wildman–Crippen MR) is 89.4 cm³/mol. The van der Waals surface area contributed by atoms with Gasteiger partial charge in [-0.15, -0.1) is 0 Å². The van der Waals surface area contributed by atoms with E-state index in [1.54, 1.807) is 51.1 Å². The summed E-state index contributed by atoms with van der Waals surface area (Å²) >= 11 is 0. The Balaban J connectivity index is 2.40. The summed E-state index contributed by atoms with van der Waals surface area (Å²) in [6.07, 6.45) is 0. The molecule has 1 aromatic carbocycles. The second-order valence-electron chi connectivity index (χ2n) is 5.42. The van der Waals surface area contributed by atoms with Crippen molar-refractivity contribution in [2.75, 3.05) is 11.9 Å². The van der Waals surface area contributed by atoms with Gasteiger partial charge < -0.3 is 14.5 Å². The van der Waals surface area contributed by atoms with Crippen LogP contribution in [0.15, 0.2) is 45.6 Å². The lowest BCUT2D eigenvalue weighted by Gasteiger charge is -2.12. The summed E-state index contributed by atoms with van der Waals surface area (Å²) in [5, 5.41) is 2.48. The highest BCUT2D eigenvalue weighted by Crippen LogP contribution is 2.21. The summed E-state index contributed by atoms with van der Waals surface area (Å²) < 4.78 is 10.2. The Morgan fingerprint density at radius 2 is 1.88 bits per heavy atom. The summed E-state index contributed by atoms with van der Waals surface area (Å²) in [7, 11) is 0. The Morgan fingerprint density at radius 1 is 1.21 bits per heavy atom. The largest absolute Gasteiger partial charge is 0.462 e. The first-order chi connectivity index (χ1) is 11.4. The van der Waals surface area contributed by atoms with E-state index in [1.165, 1.54) is 6.07 Å². The van der Waals surface area contributed by atoms with Gasteiger partial charge in [-0.1, -0.05) is 32.0 Å². The van der Waals surface area contributed by atoms with Crippen LogP contribution in [0.25, 0.3) is 0 Å². The normalized spacial score (nSPS) is 10.5. The highest BCUT2D eigenvalue weighted by molar-refractivity contribution is 6.04. The molecule has 0 atom stereocenters. The molecule has 0 aliphatic heterocycles. The lowest BCUT2D eigenvalue weighted by atomic mass is 10.1. The molecule has 24 heavy (non-hydrogen) atoms. The number of ether oxygens (including phenoxy) is 1. The number of benzene rings is 1. The molecular formula is C18H19NO5. The maximum absolute atomic E-state index is 12.2. The lowest BCUT2D eigenvalue weighted by molar-refractivity contribution is 0.0520. The smallest absolute Gasteiger partial charge is 0.359 e. The molecule has 0 saturated carbocycles. The summed E-state index contributed by atoms with van der Waals surface area (Å²) in [5.74, 6) is -1.01. The van der Waals surface area contributed by atoms with Gasteiger partial charge in [0, 0.05) is 11.5 Å². The first-order valence-corrected chi connectivity index (χ1v) is 7.65. The standard InChI is InChI=1S/C18H19NO5/c1-4-23-17(21)13-10-14(18(22)24-15(13)11(2)3)19-16(20)12-8-6-5-7-9-12/h5-11H,4H2,1-3H3,(H,19,20). The molecule has 126 valence electrons. The van der Waals surface area contributed by atoms with Crippen LogP contribution in [0.5, 0.6) is 0 Å². The third-order valence-corrected chi connectivity index (χ3v) is 3.28. The van der Waals surface area contributed by atoms with Gasteiger partial charge in [-0.25, -0.2) is 9.59 Å². The van der Waals surface area contributed by atoms with Crippen LogP contribution in [-0.4, -0.2) is 18.5 Å². The van der Waals surface area contributed by atoms with Crippen molar-refractivity contribution in [1.29, 1.82) is 0 Å². The summed E-state index contributed by atoms with van der Waals surface area (Å²) in [6, 6.07) is 9.74. The Hall–Kier alpha value is -2.89. The Kier molecular flexibility index (Phi) is 5.52. The maximum atomic E-state index is 12.2. The second-order valence-corrected chi connectivity index (χ2v) is 5.42. The SMILES string of the molecule is CCOC(=O)c1cc(NC(=O)c2ccccc2)c(=O)oc1C(C)C. The summed E-state index contributed by atoms with van der Waals surface area (Å²) in [6.45, 7) is 5.47. The van der Waals surface area contributed by atoms with Crippen molar-refractivity contribution in [2.24, 2.45) is 0 Å². The monoisotopic (exact) mass is 329 g/mol. The van der Waals surface area contributed by atoms with Crippen molar-refractivity contribution in [3.05, 3.63) is 63.7 Å². The van der Waals surface area contributed by atoms with Gasteiger partial charge in [-0.05, 0) is 25.1 Å². The van der Waals surface area contributed by atoms with Crippen LogP contribution >= 0.6 is 0 Å². The fraction of sp³-hybridized carbons (Fsp3) is 0.278. The number of carbonyl (C=O) groups excluding carboxylic acids is 2. The van der Waals surface area contributed by atoms with Crippen LogP contribution in [0.4, 0.5) is 5.69 Å². The van der Waals surface area contributed by atoms with Crippen molar-refractivity contribution < 1.29 is 18.7 Å². The molecule has 0 spiro atoms. The molecule has 2 rings (SSSR count). The van der Waals surface area contributed by atoms with Gasteiger partial charge in [0.15, 0.2) is 0 Å². The Morgan fingerprint density at radius 3 is 2.46 bits per heavy atom. The quantitative estimate of drug-likeness (QED) is 0.851. The maximum Gasteiger partial charge on any atom is 0.359 e. The molecule has 0 radical (unpaired) electrons. The number of hydrogen-bond acceptors (Lipinski definition) is 5. The number of anilines is 1. The molecule has 0 aliphatic rings. The van der Waals surface area contributed by atoms with Crippen molar-refractivity contribution >= 4 is 17.6 Å². The van der Waals surface area contributed by atoms with Crippen LogP contribution in [0.3, 0.4) is 0 Å². The van der Waals surface area contributed by atoms with E-state index in [1.807, 2.05) is 0 Å². The van der Waals surface area contributed by atoms with E-state index in [2.05, 4.69) is 5.32 Å². The first kappa shape index (κ1) is 17.5. The Bertz CT molecular complexity index is 793. The van der Waals surface area contributed by atoms with E-state index in [-0.39, 0.29) is 29.5 Å². The average Bonchev–Trinajstić information content (AvgIpc) is 2.57. The minimum absolute atomic E-state index is 0.101. The number of nitrogens with one attached hydrogen (secondary N) is 1. The van der Waals surface area contributed by atoms with Crippen LogP contribution < -0.4 is 10.9 Å². The molecule has 6 nitrogen and oxygen atoms in total. The number of rotatable bonds is 5. The first-order valence-electron chi connectivity index (χ1n) is 7.65. The molecule has 0 fully saturated rings. The minimum Gasteiger partial charge on any atom is -0.462 e. The van der Waals surface area contributed by atoms with Crippen LogP contribution in [0.1, 0.15) is 53.2 Å². The predicted octanol–water partition coefficient (Wildman–Crippen LogP) is 3.19. The molecule has 6 heteroatoms. The fourth-order valence-electron chi connectivity index (χ4n) is 2.15. The van der Waals surface area contributed by atoms with E-state index < -0.39 is 17.5 Å². The highest BCUT2D eigenvalue weighted by Gasteiger charge is 2.21. The van der Waals surface area contributed by atoms with Gasteiger partial charge in [-0.3, -0.25) is 4.79 Å². The van der Waals surface area contributed by atoms with E-state index in [0.717, 1.165) is 0 Å². The highest BCUT2D eigenvalue weighted by atomic mass is 16.5. The van der Waals surface area contributed by atoms with E-state index >= 15 is 0 Å². The van der Waals surface area contributed by atoms with Crippen LogP contribution in [0, 0.1) is 0 Å². The molecular weight excluding hydrogens is 310 g/mol. The Labute approximate surface area is 139 Å². The third-order valence-electron chi connectivity index (χ3n) is 3.28. The number of hydrogen-bond donors (Lipinski definition) is 1.